The van der Waals surface area contributed by atoms with Crippen LogP contribution in [-0.2, 0) is 4.79 Å². The van der Waals surface area contributed by atoms with E-state index in [0.717, 1.165) is 11.3 Å². The van der Waals surface area contributed by atoms with Gasteiger partial charge >= 0.3 is 5.97 Å². The number of nitrogens with one attached hydrogen (secondary N) is 1. The van der Waals surface area contributed by atoms with Gasteiger partial charge in [0.25, 0.3) is 0 Å². The zero-order valence-electron chi connectivity index (χ0n) is 10.3. The maximum Gasteiger partial charge on any atom is 0.313 e. The molecule has 0 spiro atoms. The quantitative estimate of drug-likeness (QED) is 0.645. The number of hydrogen-bond donors (Lipinski definition) is 2. The lowest BCUT2D eigenvalue weighted by Crippen LogP contribution is -2.00. The van der Waals surface area contributed by atoms with Crippen molar-refractivity contribution in [2.75, 3.05) is 11.1 Å². The van der Waals surface area contributed by atoms with E-state index >= 15 is 0 Å². The number of nitrogens with zero attached hydrogens (tertiary/aromatic N) is 2. The minimum Gasteiger partial charge on any atom is -0.481 e. The molecular formula is C13H13N3O2S. The number of aliphatic carboxylic acids is 1. The van der Waals surface area contributed by atoms with Crippen molar-refractivity contribution in [3.05, 3.63) is 42.2 Å². The Morgan fingerprint density at radius 3 is 2.89 bits per heavy atom. The molecule has 0 aliphatic heterocycles. The number of carbonyl (C=O) groups is 1. The van der Waals surface area contributed by atoms with E-state index in [-0.39, 0.29) is 5.75 Å². The molecule has 0 fully saturated rings. The lowest BCUT2D eigenvalue weighted by molar-refractivity contribution is -0.133. The number of anilines is 2. The third kappa shape index (κ3) is 3.96. The van der Waals surface area contributed by atoms with Crippen LogP contribution in [0.4, 0.5) is 11.5 Å². The number of hydrogen-bond acceptors (Lipinski definition) is 5. The first-order valence-electron chi connectivity index (χ1n) is 5.64. The largest absolute Gasteiger partial charge is 0.481 e. The van der Waals surface area contributed by atoms with Crippen molar-refractivity contribution in [1.82, 2.24) is 9.97 Å². The van der Waals surface area contributed by atoms with Crippen LogP contribution in [0, 0.1) is 6.92 Å². The van der Waals surface area contributed by atoms with E-state index in [9.17, 15) is 4.79 Å². The van der Waals surface area contributed by atoms with Crippen LogP contribution in [0.5, 0.6) is 0 Å². The highest BCUT2D eigenvalue weighted by molar-refractivity contribution is 7.99. The zero-order chi connectivity index (χ0) is 13.7. The highest BCUT2D eigenvalue weighted by Crippen LogP contribution is 2.21. The standard InChI is InChI=1S/C13H13N3O2S/c1-9-4-2-3-5-10(9)16-11-6-12(15-8-14-11)19-7-13(17)18/h2-6,8H,7H2,1H3,(H,17,18)(H,14,15,16). The number of rotatable bonds is 5. The van der Waals surface area contributed by atoms with E-state index in [2.05, 4.69) is 15.3 Å². The van der Waals surface area contributed by atoms with E-state index in [1.165, 1.54) is 18.1 Å². The fourth-order valence-corrected chi connectivity index (χ4v) is 2.06. The molecule has 0 saturated carbocycles. The van der Waals surface area contributed by atoms with Gasteiger partial charge < -0.3 is 10.4 Å². The first kappa shape index (κ1) is 13.4. The summed E-state index contributed by atoms with van der Waals surface area (Å²) in [5.41, 5.74) is 2.08. The third-order valence-corrected chi connectivity index (χ3v) is 3.30. The Bertz CT molecular complexity index is 590. The number of carboxylic acid groups (broad SMARTS) is 1. The summed E-state index contributed by atoms with van der Waals surface area (Å²) in [6.45, 7) is 2.00. The number of carboxylic acids is 1. The summed E-state index contributed by atoms with van der Waals surface area (Å²) in [6, 6.07) is 9.61. The summed E-state index contributed by atoms with van der Waals surface area (Å²) < 4.78 is 0. The van der Waals surface area contributed by atoms with Crippen LogP contribution in [0.3, 0.4) is 0 Å². The van der Waals surface area contributed by atoms with Crippen molar-refractivity contribution in [1.29, 1.82) is 0 Å². The fraction of sp³-hybridized carbons (Fsp3) is 0.154. The molecule has 2 rings (SSSR count). The molecule has 98 valence electrons. The summed E-state index contributed by atoms with van der Waals surface area (Å²) in [7, 11) is 0. The van der Waals surface area contributed by atoms with E-state index in [1.54, 1.807) is 6.07 Å². The maximum absolute atomic E-state index is 10.5. The summed E-state index contributed by atoms with van der Waals surface area (Å²) in [5.74, 6) is -0.227. The number of aromatic nitrogens is 2. The molecule has 2 N–H and O–H groups in total. The Kier molecular flexibility index (Phi) is 4.35. The second-order valence-corrected chi connectivity index (χ2v) is 4.86. The average molecular weight is 275 g/mol. The van der Waals surface area contributed by atoms with E-state index in [4.69, 9.17) is 5.11 Å². The zero-order valence-corrected chi connectivity index (χ0v) is 11.1. The molecular weight excluding hydrogens is 262 g/mol. The summed E-state index contributed by atoms with van der Waals surface area (Å²) >= 11 is 1.17. The minimum absolute atomic E-state index is 0.0131. The fourth-order valence-electron chi connectivity index (χ4n) is 1.47. The number of aryl methyl sites for hydroxylation is 1. The lowest BCUT2D eigenvalue weighted by atomic mass is 10.2. The molecule has 19 heavy (non-hydrogen) atoms. The molecule has 0 saturated heterocycles. The van der Waals surface area contributed by atoms with E-state index < -0.39 is 5.97 Å². The van der Waals surface area contributed by atoms with Crippen molar-refractivity contribution in [2.45, 2.75) is 11.9 Å². The smallest absolute Gasteiger partial charge is 0.313 e. The van der Waals surface area contributed by atoms with Crippen LogP contribution >= 0.6 is 11.8 Å². The van der Waals surface area contributed by atoms with E-state index in [0.29, 0.717) is 10.8 Å². The number of thioether (sulfide) groups is 1. The van der Waals surface area contributed by atoms with Gasteiger partial charge in [-0.3, -0.25) is 4.79 Å². The molecule has 1 aromatic carbocycles. The second-order valence-electron chi connectivity index (χ2n) is 3.86. The molecule has 2 aromatic rings. The van der Waals surface area contributed by atoms with Crippen LogP contribution in [0.2, 0.25) is 0 Å². The molecule has 0 atom stereocenters. The van der Waals surface area contributed by atoms with Gasteiger partial charge in [0.15, 0.2) is 0 Å². The van der Waals surface area contributed by atoms with Gasteiger partial charge in [-0.2, -0.15) is 0 Å². The van der Waals surface area contributed by atoms with Gasteiger partial charge in [-0.1, -0.05) is 30.0 Å². The molecule has 0 amide bonds. The van der Waals surface area contributed by atoms with Crippen molar-refractivity contribution >= 4 is 29.2 Å². The van der Waals surface area contributed by atoms with Gasteiger partial charge in [-0.25, -0.2) is 9.97 Å². The van der Waals surface area contributed by atoms with Gasteiger partial charge in [0, 0.05) is 11.8 Å². The van der Waals surface area contributed by atoms with Gasteiger partial charge in [0.2, 0.25) is 0 Å². The molecule has 0 aliphatic carbocycles. The maximum atomic E-state index is 10.5. The highest BCUT2D eigenvalue weighted by atomic mass is 32.2. The van der Waals surface area contributed by atoms with Crippen molar-refractivity contribution in [3.8, 4) is 0 Å². The Balaban J connectivity index is 2.11. The van der Waals surface area contributed by atoms with Gasteiger partial charge in [-0.15, -0.1) is 0 Å². The first-order chi connectivity index (χ1) is 9.15. The molecule has 1 heterocycles. The Morgan fingerprint density at radius 2 is 2.16 bits per heavy atom. The molecule has 0 radical (unpaired) electrons. The third-order valence-electron chi connectivity index (χ3n) is 2.39. The number of benzene rings is 1. The summed E-state index contributed by atoms with van der Waals surface area (Å²) in [6.07, 6.45) is 1.42. The van der Waals surface area contributed by atoms with Crippen LogP contribution in [-0.4, -0.2) is 26.8 Å². The average Bonchev–Trinajstić information content (AvgIpc) is 2.40. The molecule has 0 bridgehead atoms. The second kappa shape index (κ2) is 6.19. The monoisotopic (exact) mass is 275 g/mol. The Labute approximate surface area is 115 Å². The van der Waals surface area contributed by atoms with Crippen molar-refractivity contribution < 1.29 is 9.90 Å². The van der Waals surface area contributed by atoms with Crippen LogP contribution in [0.1, 0.15) is 5.56 Å². The number of para-hydroxylation sites is 1. The highest BCUT2D eigenvalue weighted by Gasteiger charge is 2.04. The minimum atomic E-state index is -0.864. The van der Waals surface area contributed by atoms with E-state index in [1.807, 2.05) is 31.2 Å². The van der Waals surface area contributed by atoms with Gasteiger partial charge in [0.05, 0.1) is 5.75 Å². The first-order valence-corrected chi connectivity index (χ1v) is 6.63. The predicted molar refractivity (Wildman–Crippen MR) is 74.9 cm³/mol. The molecule has 5 nitrogen and oxygen atoms in total. The summed E-state index contributed by atoms with van der Waals surface area (Å²) in [5, 5.41) is 12.5. The topological polar surface area (TPSA) is 75.1 Å². The Hall–Kier alpha value is -2.08. The molecule has 6 heteroatoms. The van der Waals surface area contributed by atoms with Crippen molar-refractivity contribution in [3.63, 3.8) is 0 Å². The summed E-state index contributed by atoms with van der Waals surface area (Å²) in [4.78, 5) is 18.7. The normalized spacial score (nSPS) is 10.2. The van der Waals surface area contributed by atoms with Gasteiger partial charge in [-0.05, 0) is 18.6 Å². The lowest BCUT2D eigenvalue weighted by Gasteiger charge is -2.08. The van der Waals surface area contributed by atoms with Crippen LogP contribution < -0.4 is 5.32 Å². The molecule has 1 aromatic heterocycles. The molecule has 0 aliphatic rings. The Morgan fingerprint density at radius 1 is 1.37 bits per heavy atom. The van der Waals surface area contributed by atoms with Crippen LogP contribution in [0.25, 0.3) is 0 Å². The van der Waals surface area contributed by atoms with Crippen molar-refractivity contribution in [2.24, 2.45) is 0 Å². The predicted octanol–water partition coefficient (Wildman–Crippen LogP) is 2.71. The van der Waals surface area contributed by atoms with Gasteiger partial charge in [0.1, 0.15) is 17.2 Å². The SMILES string of the molecule is Cc1ccccc1Nc1cc(SCC(=O)O)ncn1. The van der Waals surface area contributed by atoms with Crippen LogP contribution in [0.15, 0.2) is 41.7 Å². The molecule has 0 unspecified atom stereocenters.